The predicted octanol–water partition coefficient (Wildman–Crippen LogP) is 4.42. The first-order chi connectivity index (χ1) is 18.5. The van der Waals surface area contributed by atoms with Gasteiger partial charge in [0.15, 0.2) is 0 Å². The van der Waals surface area contributed by atoms with Gasteiger partial charge in [0.05, 0.1) is 12.3 Å². The third-order valence-corrected chi connectivity index (χ3v) is 6.09. The number of hydrogen-bond donors (Lipinski definition) is 3. The second kappa shape index (κ2) is 12.9. The Morgan fingerprint density at radius 3 is 2.39 bits per heavy atom. The number of hydrazone groups is 1. The van der Waals surface area contributed by atoms with Crippen LogP contribution < -0.4 is 20.8 Å². The van der Waals surface area contributed by atoms with Gasteiger partial charge >= 0.3 is 5.97 Å². The average molecular weight is 510 g/mol. The van der Waals surface area contributed by atoms with E-state index in [1.165, 1.54) is 0 Å². The van der Waals surface area contributed by atoms with Crippen LogP contribution in [0.3, 0.4) is 0 Å². The van der Waals surface area contributed by atoms with Crippen LogP contribution in [0.15, 0.2) is 108 Å². The van der Waals surface area contributed by atoms with Crippen LogP contribution in [0.5, 0.6) is 5.75 Å². The summed E-state index contributed by atoms with van der Waals surface area (Å²) < 4.78 is 5.87. The Kier molecular flexibility index (Phi) is 8.91. The molecular weight excluding hydrogens is 478 g/mol. The average Bonchev–Trinajstić information content (AvgIpc) is 2.96. The number of nitrogens with one attached hydrogen (secondary N) is 1. The van der Waals surface area contributed by atoms with Crippen molar-refractivity contribution in [3.8, 4) is 5.75 Å². The Morgan fingerprint density at radius 2 is 1.71 bits per heavy atom. The second-order valence-electron chi connectivity index (χ2n) is 8.73. The molecule has 3 aromatic carbocycles. The van der Waals surface area contributed by atoms with Crippen LogP contribution in [0, 0.1) is 0 Å². The Labute approximate surface area is 222 Å². The van der Waals surface area contributed by atoms with Crippen LogP contribution in [0.4, 0.5) is 11.5 Å². The smallest absolute Gasteiger partial charge is 0.326 e. The van der Waals surface area contributed by atoms with E-state index in [0.717, 1.165) is 28.3 Å². The van der Waals surface area contributed by atoms with E-state index >= 15 is 0 Å². The van der Waals surface area contributed by atoms with Crippen molar-refractivity contribution in [1.82, 2.24) is 4.98 Å². The first kappa shape index (κ1) is 26.2. The monoisotopic (exact) mass is 509 g/mol. The maximum absolute atomic E-state index is 12.2. The molecule has 0 fully saturated rings. The van der Waals surface area contributed by atoms with Gasteiger partial charge in [0.25, 0.3) is 0 Å². The lowest BCUT2D eigenvalue weighted by atomic mass is 9.99. The first-order valence-corrected chi connectivity index (χ1v) is 12.3. The lowest BCUT2D eigenvalue weighted by Crippen LogP contribution is -2.32. The van der Waals surface area contributed by atoms with Crippen LogP contribution in [-0.2, 0) is 11.2 Å². The van der Waals surface area contributed by atoms with Crippen molar-refractivity contribution in [2.24, 2.45) is 10.9 Å². The number of carboxylic acids is 1. The van der Waals surface area contributed by atoms with Gasteiger partial charge in [-0.1, -0.05) is 66.7 Å². The van der Waals surface area contributed by atoms with Gasteiger partial charge in [-0.05, 0) is 35.9 Å². The number of benzene rings is 3. The Morgan fingerprint density at radius 1 is 1.00 bits per heavy atom. The number of hydrogen-bond acceptors (Lipinski definition) is 7. The quantitative estimate of drug-likeness (QED) is 0.147. The van der Waals surface area contributed by atoms with Gasteiger partial charge in [-0.15, -0.1) is 0 Å². The maximum atomic E-state index is 12.2. The normalized spacial score (nSPS) is 12.0. The molecule has 0 radical (unpaired) electrons. The molecule has 0 aliphatic rings. The molecular formula is C30H31N5O3. The number of nitrogens with two attached hydrogens (primary N) is 1. The molecule has 0 amide bonds. The topological polar surface area (TPSA) is 113 Å². The first-order valence-electron chi connectivity index (χ1n) is 12.3. The molecule has 1 heterocycles. The SMILES string of the molecule is CN(CCOc1ccc(C[C@H](Nc2ccccc2/C(=N/N)c2ccccc2)C(=O)O)cc1)c1ccccn1. The van der Waals surface area contributed by atoms with Crippen molar-refractivity contribution >= 4 is 23.2 Å². The summed E-state index contributed by atoms with van der Waals surface area (Å²) in [6, 6.07) is 29.4. The summed E-state index contributed by atoms with van der Waals surface area (Å²) in [4.78, 5) is 18.5. The largest absolute Gasteiger partial charge is 0.492 e. The second-order valence-corrected chi connectivity index (χ2v) is 8.73. The van der Waals surface area contributed by atoms with Crippen molar-refractivity contribution < 1.29 is 14.6 Å². The van der Waals surface area contributed by atoms with Crippen LogP contribution in [-0.4, -0.2) is 48.0 Å². The molecule has 4 N–H and O–H groups in total. The van der Waals surface area contributed by atoms with Crippen LogP contribution in [0.1, 0.15) is 16.7 Å². The number of anilines is 2. The van der Waals surface area contributed by atoms with Crippen LogP contribution in [0.25, 0.3) is 0 Å². The van der Waals surface area contributed by atoms with Crippen LogP contribution >= 0.6 is 0 Å². The number of rotatable bonds is 12. The molecule has 0 spiro atoms. The van der Waals surface area contributed by atoms with E-state index in [2.05, 4.69) is 15.4 Å². The number of para-hydroxylation sites is 1. The van der Waals surface area contributed by atoms with Gasteiger partial charge in [-0.3, -0.25) is 0 Å². The van der Waals surface area contributed by atoms with Crippen molar-refractivity contribution in [3.05, 3.63) is 120 Å². The summed E-state index contributed by atoms with van der Waals surface area (Å²) >= 11 is 0. The lowest BCUT2D eigenvalue weighted by Gasteiger charge is -2.20. The van der Waals surface area contributed by atoms with Crippen molar-refractivity contribution in [1.29, 1.82) is 0 Å². The number of aliphatic carboxylic acids is 1. The molecule has 4 aromatic rings. The third kappa shape index (κ3) is 6.88. The van der Waals surface area contributed by atoms with E-state index in [9.17, 15) is 9.90 Å². The molecule has 1 atom stereocenters. The molecule has 0 aliphatic carbocycles. The van der Waals surface area contributed by atoms with Gasteiger partial charge in [0.1, 0.15) is 24.2 Å². The molecule has 194 valence electrons. The van der Waals surface area contributed by atoms with Gasteiger partial charge in [0.2, 0.25) is 0 Å². The van der Waals surface area contributed by atoms with E-state index in [1.807, 2.05) is 109 Å². The van der Waals surface area contributed by atoms with Gasteiger partial charge in [-0.25, -0.2) is 9.78 Å². The summed E-state index contributed by atoms with van der Waals surface area (Å²) in [6.45, 7) is 1.18. The molecule has 0 saturated carbocycles. The van der Waals surface area contributed by atoms with E-state index in [1.54, 1.807) is 6.20 Å². The fraction of sp³-hybridized carbons (Fsp3) is 0.167. The van der Waals surface area contributed by atoms with E-state index < -0.39 is 12.0 Å². The zero-order valence-electron chi connectivity index (χ0n) is 21.2. The lowest BCUT2D eigenvalue weighted by molar-refractivity contribution is -0.137. The van der Waals surface area contributed by atoms with E-state index in [4.69, 9.17) is 10.6 Å². The molecule has 0 unspecified atom stereocenters. The number of pyridine rings is 1. The fourth-order valence-electron chi connectivity index (χ4n) is 4.05. The minimum absolute atomic E-state index is 0.285. The van der Waals surface area contributed by atoms with Gasteiger partial charge in [-0.2, -0.15) is 5.10 Å². The third-order valence-electron chi connectivity index (χ3n) is 6.09. The zero-order chi connectivity index (χ0) is 26.7. The van der Waals surface area contributed by atoms with Crippen molar-refractivity contribution in [3.63, 3.8) is 0 Å². The molecule has 0 saturated heterocycles. The molecule has 8 heteroatoms. The fourth-order valence-corrected chi connectivity index (χ4v) is 4.05. The molecule has 4 rings (SSSR count). The van der Waals surface area contributed by atoms with E-state index in [-0.39, 0.29) is 6.42 Å². The number of carboxylic acid groups (broad SMARTS) is 1. The van der Waals surface area contributed by atoms with E-state index in [0.29, 0.717) is 24.6 Å². The highest BCUT2D eigenvalue weighted by atomic mass is 16.5. The number of ether oxygens (including phenoxy) is 1. The summed E-state index contributed by atoms with van der Waals surface area (Å²) in [6.07, 6.45) is 2.05. The van der Waals surface area contributed by atoms with Gasteiger partial charge < -0.3 is 25.9 Å². The van der Waals surface area contributed by atoms with Crippen molar-refractivity contribution in [2.45, 2.75) is 12.5 Å². The summed E-state index contributed by atoms with van der Waals surface area (Å²) in [5.74, 6) is 6.39. The number of aromatic nitrogens is 1. The Hall–Kier alpha value is -4.85. The number of carbonyl (C=O) groups is 1. The molecule has 0 aliphatic heterocycles. The standard InChI is InChI=1S/C30H31N5O3/c1-35(28-13-7-8-18-32-28)19-20-38-24-16-14-22(15-17-24)21-27(30(36)37)33-26-12-6-5-11-25(26)29(34-31)23-9-3-2-4-10-23/h2-18,27,33H,19-21,31H2,1H3,(H,36,37)/b34-29+/t27-/m0/s1. The van der Waals surface area contributed by atoms with Gasteiger partial charge in [0, 0.05) is 36.5 Å². The highest BCUT2D eigenvalue weighted by Gasteiger charge is 2.21. The summed E-state index contributed by atoms with van der Waals surface area (Å²) in [5, 5.41) is 17.1. The Bertz CT molecular complexity index is 1350. The molecule has 1 aromatic heterocycles. The number of nitrogens with zero attached hydrogens (tertiary/aromatic N) is 3. The highest BCUT2D eigenvalue weighted by Crippen LogP contribution is 2.22. The minimum atomic E-state index is -0.955. The Balaban J connectivity index is 1.39. The summed E-state index contributed by atoms with van der Waals surface area (Å²) in [7, 11) is 1.97. The minimum Gasteiger partial charge on any atom is -0.492 e. The zero-order valence-corrected chi connectivity index (χ0v) is 21.2. The maximum Gasteiger partial charge on any atom is 0.326 e. The summed E-state index contributed by atoms with van der Waals surface area (Å²) in [5.41, 5.74) is 3.67. The molecule has 0 bridgehead atoms. The predicted molar refractivity (Wildman–Crippen MR) is 151 cm³/mol. The molecule has 38 heavy (non-hydrogen) atoms. The highest BCUT2D eigenvalue weighted by molar-refractivity contribution is 6.15. The van der Waals surface area contributed by atoms with Crippen molar-refractivity contribution in [2.75, 3.05) is 30.4 Å². The van der Waals surface area contributed by atoms with Crippen LogP contribution in [0.2, 0.25) is 0 Å². The molecule has 8 nitrogen and oxygen atoms in total. The number of likely N-dealkylation sites (N-methyl/N-ethyl adjacent to an activating group) is 1.